The predicted molar refractivity (Wildman–Crippen MR) is 130 cm³/mol. The molecule has 9 heteroatoms. The third kappa shape index (κ3) is 5.79. The molecule has 2 atom stereocenters. The molecule has 5 N–H and O–H groups in total. The van der Waals surface area contributed by atoms with Crippen LogP contribution in [-0.2, 0) is 6.54 Å². The number of primary amides is 1. The Balaban J connectivity index is 1.48. The molecule has 1 amide bonds. The molecule has 1 aliphatic heterocycles. The molecule has 34 heavy (non-hydrogen) atoms. The van der Waals surface area contributed by atoms with Crippen molar-refractivity contribution in [1.29, 1.82) is 0 Å². The van der Waals surface area contributed by atoms with E-state index in [-0.39, 0.29) is 12.1 Å². The summed E-state index contributed by atoms with van der Waals surface area (Å²) in [4.78, 5) is 18.5. The fraction of sp³-hybridized carbons (Fsp3) is 0.280. The van der Waals surface area contributed by atoms with Gasteiger partial charge in [-0.1, -0.05) is 0 Å². The largest absolute Gasteiger partial charge is 0.380 e. The first-order chi connectivity index (χ1) is 16.3. The van der Waals surface area contributed by atoms with Gasteiger partial charge in [0.05, 0.1) is 11.3 Å². The summed E-state index contributed by atoms with van der Waals surface area (Å²) in [5, 5.41) is 9.77. The van der Waals surface area contributed by atoms with Gasteiger partial charge in [0.1, 0.15) is 17.5 Å². The number of hydrogen-bond donors (Lipinski definition) is 4. The van der Waals surface area contributed by atoms with Crippen molar-refractivity contribution in [3.63, 3.8) is 0 Å². The van der Waals surface area contributed by atoms with Crippen molar-refractivity contribution < 1.29 is 13.6 Å². The van der Waals surface area contributed by atoms with Gasteiger partial charge >= 0.3 is 0 Å². The molecular formula is C25H28F2N6O. The van der Waals surface area contributed by atoms with E-state index in [1.54, 1.807) is 6.07 Å². The zero-order chi connectivity index (χ0) is 24.2. The van der Waals surface area contributed by atoms with Crippen LogP contribution in [-0.4, -0.2) is 36.1 Å². The van der Waals surface area contributed by atoms with Gasteiger partial charge in [-0.3, -0.25) is 4.79 Å². The van der Waals surface area contributed by atoms with Crippen LogP contribution in [0.25, 0.3) is 0 Å². The summed E-state index contributed by atoms with van der Waals surface area (Å²) in [6.45, 7) is 6.34. The second kappa shape index (κ2) is 10.0. The van der Waals surface area contributed by atoms with Gasteiger partial charge in [0.25, 0.3) is 5.91 Å². The van der Waals surface area contributed by atoms with Gasteiger partial charge in [-0.15, -0.1) is 0 Å². The van der Waals surface area contributed by atoms with Crippen LogP contribution < -0.4 is 26.6 Å². The molecule has 0 spiro atoms. The summed E-state index contributed by atoms with van der Waals surface area (Å²) in [6, 6.07) is 13.8. The normalized spacial score (nSPS) is 17.9. The maximum absolute atomic E-state index is 13.5. The van der Waals surface area contributed by atoms with Crippen LogP contribution in [0.15, 0.2) is 54.7 Å². The third-order valence-electron chi connectivity index (χ3n) is 5.64. The number of rotatable bonds is 7. The standard InChI is InChI=1S/C25H28F2N6O/c1-15-13-33(14-16(2)31-15)21-5-3-20(4-6-21)32-24-10-23(22(12-30-24)25(28)34)29-11-17-7-18(26)9-19(27)8-17/h3-10,12,15-16,31H,11,13-14H2,1-2H3,(H2,28,34)(H2,29,30,32). The first kappa shape index (κ1) is 23.4. The highest BCUT2D eigenvalue weighted by molar-refractivity contribution is 5.98. The van der Waals surface area contributed by atoms with Crippen molar-refractivity contribution in [2.24, 2.45) is 5.73 Å². The van der Waals surface area contributed by atoms with E-state index in [1.807, 2.05) is 12.1 Å². The van der Waals surface area contributed by atoms with Crippen molar-refractivity contribution >= 4 is 28.8 Å². The van der Waals surface area contributed by atoms with Crippen LogP contribution in [0, 0.1) is 11.6 Å². The maximum Gasteiger partial charge on any atom is 0.252 e. The summed E-state index contributed by atoms with van der Waals surface area (Å²) in [5.74, 6) is -1.50. The van der Waals surface area contributed by atoms with Crippen molar-refractivity contribution in [2.75, 3.05) is 28.6 Å². The van der Waals surface area contributed by atoms with Gasteiger partial charge in [-0.25, -0.2) is 13.8 Å². The molecule has 178 valence electrons. The molecule has 0 radical (unpaired) electrons. The molecule has 2 heterocycles. The van der Waals surface area contributed by atoms with Crippen LogP contribution >= 0.6 is 0 Å². The average molecular weight is 467 g/mol. The lowest BCUT2D eigenvalue weighted by molar-refractivity contribution is 0.100. The quantitative estimate of drug-likeness (QED) is 0.421. The number of anilines is 4. The Morgan fingerprint density at radius 1 is 1.09 bits per heavy atom. The number of piperazine rings is 1. The third-order valence-corrected chi connectivity index (χ3v) is 5.64. The highest BCUT2D eigenvalue weighted by Crippen LogP contribution is 2.25. The lowest BCUT2D eigenvalue weighted by Gasteiger charge is -2.37. The highest BCUT2D eigenvalue weighted by Gasteiger charge is 2.21. The lowest BCUT2D eigenvalue weighted by atomic mass is 10.1. The van der Waals surface area contributed by atoms with Crippen molar-refractivity contribution in [2.45, 2.75) is 32.5 Å². The van der Waals surface area contributed by atoms with Crippen molar-refractivity contribution in [3.05, 3.63) is 77.5 Å². The van der Waals surface area contributed by atoms with Gasteiger partial charge in [0.15, 0.2) is 0 Å². The van der Waals surface area contributed by atoms with Gasteiger partial charge in [-0.05, 0) is 55.8 Å². The number of hydrogen-bond acceptors (Lipinski definition) is 6. The van der Waals surface area contributed by atoms with E-state index in [0.29, 0.717) is 29.2 Å². The van der Waals surface area contributed by atoms with Gasteiger partial charge in [0.2, 0.25) is 0 Å². The Bertz CT molecular complexity index is 1140. The molecule has 2 unspecified atom stereocenters. The Hall–Kier alpha value is -3.72. The maximum atomic E-state index is 13.5. The zero-order valence-corrected chi connectivity index (χ0v) is 19.1. The number of carbonyl (C=O) groups is 1. The minimum absolute atomic E-state index is 0.106. The molecule has 7 nitrogen and oxygen atoms in total. The van der Waals surface area contributed by atoms with E-state index in [0.717, 1.165) is 30.5 Å². The van der Waals surface area contributed by atoms with Gasteiger partial charge < -0.3 is 26.6 Å². The summed E-state index contributed by atoms with van der Waals surface area (Å²) >= 11 is 0. The Kier molecular flexibility index (Phi) is 6.93. The van der Waals surface area contributed by atoms with E-state index in [9.17, 15) is 13.6 Å². The fourth-order valence-electron chi connectivity index (χ4n) is 4.22. The number of amides is 1. The van der Waals surface area contributed by atoms with Crippen LogP contribution in [0.3, 0.4) is 0 Å². The first-order valence-electron chi connectivity index (χ1n) is 11.1. The summed E-state index contributed by atoms with van der Waals surface area (Å²) < 4.78 is 27.0. The van der Waals surface area contributed by atoms with E-state index >= 15 is 0 Å². The first-order valence-corrected chi connectivity index (χ1v) is 11.1. The van der Waals surface area contributed by atoms with E-state index in [1.165, 1.54) is 18.3 Å². The topological polar surface area (TPSA) is 95.3 Å². The van der Waals surface area contributed by atoms with E-state index in [2.05, 4.69) is 51.8 Å². The Morgan fingerprint density at radius 3 is 2.35 bits per heavy atom. The van der Waals surface area contributed by atoms with Crippen molar-refractivity contribution in [3.8, 4) is 0 Å². The van der Waals surface area contributed by atoms with Gasteiger partial charge in [-0.2, -0.15) is 0 Å². The Labute approximate surface area is 197 Å². The molecule has 0 bridgehead atoms. The zero-order valence-electron chi connectivity index (χ0n) is 19.1. The number of pyridine rings is 1. The smallest absolute Gasteiger partial charge is 0.252 e. The number of aromatic nitrogens is 1. The lowest BCUT2D eigenvalue weighted by Crippen LogP contribution is -2.54. The van der Waals surface area contributed by atoms with Crippen LogP contribution in [0.2, 0.25) is 0 Å². The molecule has 0 aliphatic carbocycles. The predicted octanol–water partition coefficient (Wildman–Crippen LogP) is 4.00. The van der Waals surface area contributed by atoms with Crippen LogP contribution in [0.4, 0.5) is 31.7 Å². The van der Waals surface area contributed by atoms with Crippen molar-refractivity contribution in [1.82, 2.24) is 10.3 Å². The molecule has 1 aromatic heterocycles. The fourth-order valence-corrected chi connectivity index (χ4v) is 4.22. The number of nitrogens with zero attached hydrogens (tertiary/aromatic N) is 2. The summed E-state index contributed by atoms with van der Waals surface area (Å²) in [6.07, 6.45) is 1.37. The second-order valence-electron chi connectivity index (χ2n) is 8.66. The second-order valence-corrected chi connectivity index (χ2v) is 8.66. The van der Waals surface area contributed by atoms with Gasteiger partial charge in [0, 0.05) is 61.4 Å². The number of benzene rings is 2. The molecular weight excluding hydrogens is 438 g/mol. The van der Waals surface area contributed by atoms with E-state index in [4.69, 9.17) is 5.73 Å². The summed E-state index contributed by atoms with van der Waals surface area (Å²) in [5.41, 5.74) is 8.44. The van der Waals surface area contributed by atoms with E-state index < -0.39 is 17.5 Å². The van der Waals surface area contributed by atoms with Crippen LogP contribution in [0.5, 0.6) is 0 Å². The minimum Gasteiger partial charge on any atom is -0.380 e. The molecule has 1 fully saturated rings. The highest BCUT2D eigenvalue weighted by atomic mass is 19.1. The van der Waals surface area contributed by atoms with Crippen LogP contribution in [0.1, 0.15) is 29.8 Å². The average Bonchev–Trinajstić information content (AvgIpc) is 2.77. The SMILES string of the molecule is CC1CN(c2ccc(Nc3cc(NCc4cc(F)cc(F)c4)c(C(N)=O)cn3)cc2)CC(C)N1. The molecule has 4 rings (SSSR count). The molecule has 1 saturated heterocycles. The molecule has 1 aliphatic rings. The number of carbonyl (C=O) groups excluding carboxylic acids is 1. The molecule has 0 saturated carbocycles. The number of halogens is 2. The molecule has 2 aromatic carbocycles. The number of nitrogens with two attached hydrogens (primary N) is 1. The summed E-state index contributed by atoms with van der Waals surface area (Å²) in [7, 11) is 0. The molecule has 3 aromatic rings. The minimum atomic E-state index is -0.669. The Morgan fingerprint density at radius 2 is 1.74 bits per heavy atom. The monoisotopic (exact) mass is 466 g/mol. The number of nitrogens with one attached hydrogen (secondary N) is 3.